The van der Waals surface area contributed by atoms with Crippen LogP contribution in [-0.4, -0.2) is 18.6 Å². The van der Waals surface area contributed by atoms with Crippen molar-refractivity contribution in [3.8, 4) is 0 Å². The van der Waals surface area contributed by atoms with E-state index in [1.54, 1.807) is 0 Å². The molecule has 2 atom stereocenters. The van der Waals surface area contributed by atoms with E-state index in [0.717, 1.165) is 0 Å². The highest BCUT2D eigenvalue weighted by Crippen LogP contribution is 2.13. The lowest BCUT2D eigenvalue weighted by molar-refractivity contribution is -0.123. The Kier molecular flexibility index (Phi) is 1.51. The minimum Gasteiger partial charge on any atom is -0.353 e. The molecular weight excluding hydrogens is 121 g/mol. The number of rotatable bonds is 1. The normalized spacial score (nSPS) is 34.1. The van der Waals surface area contributed by atoms with Crippen molar-refractivity contribution in [3.05, 3.63) is 12.7 Å². The van der Waals surface area contributed by atoms with Gasteiger partial charge in [-0.1, -0.05) is 6.08 Å². The zero-order valence-electron chi connectivity index (χ0n) is 4.93. The molecule has 0 saturated carbocycles. The van der Waals surface area contributed by atoms with Crippen molar-refractivity contribution in [1.29, 1.82) is 0 Å². The summed E-state index contributed by atoms with van der Waals surface area (Å²) in [7, 11) is 0. The van der Waals surface area contributed by atoms with E-state index in [4.69, 9.17) is 0 Å². The maximum absolute atomic E-state index is 12.5. The summed E-state index contributed by atoms with van der Waals surface area (Å²) in [5, 5.41) is 2.39. The van der Waals surface area contributed by atoms with Gasteiger partial charge in [-0.2, -0.15) is 0 Å². The molecule has 1 saturated heterocycles. The Morgan fingerprint density at radius 2 is 2.56 bits per heavy atom. The Morgan fingerprint density at radius 1 is 1.89 bits per heavy atom. The predicted molar refractivity (Wildman–Crippen MR) is 31.6 cm³/mol. The number of alkyl halides is 1. The Hall–Kier alpha value is -0.860. The van der Waals surface area contributed by atoms with Crippen LogP contribution < -0.4 is 5.32 Å². The molecule has 0 aromatic rings. The summed E-state index contributed by atoms with van der Waals surface area (Å²) in [6.45, 7) is 3.79. The molecule has 0 aliphatic carbocycles. The minimum absolute atomic E-state index is 0.322. The van der Waals surface area contributed by atoms with Crippen LogP contribution in [0.15, 0.2) is 12.7 Å². The molecule has 0 radical (unpaired) electrons. The van der Waals surface area contributed by atoms with Crippen molar-refractivity contribution >= 4 is 5.91 Å². The summed E-state index contributed by atoms with van der Waals surface area (Å²) < 4.78 is 12.5. The van der Waals surface area contributed by atoms with Crippen molar-refractivity contribution in [1.82, 2.24) is 5.32 Å². The molecule has 0 spiro atoms. The van der Waals surface area contributed by atoms with E-state index in [9.17, 15) is 9.18 Å². The van der Waals surface area contributed by atoms with Gasteiger partial charge in [-0.25, -0.2) is 4.39 Å². The quantitative estimate of drug-likeness (QED) is 0.505. The molecule has 1 amide bonds. The number of carbonyl (C=O) groups is 1. The van der Waals surface area contributed by atoms with Gasteiger partial charge in [-0.3, -0.25) is 4.79 Å². The first-order chi connectivity index (χ1) is 4.25. The van der Waals surface area contributed by atoms with Crippen LogP contribution in [0.1, 0.15) is 0 Å². The van der Waals surface area contributed by atoms with Crippen molar-refractivity contribution < 1.29 is 9.18 Å². The first-order valence-electron chi connectivity index (χ1n) is 2.80. The van der Waals surface area contributed by atoms with Gasteiger partial charge in [-0.15, -0.1) is 6.58 Å². The van der Waals surface area contributed by atoms with Crippen molar-refractivity contribution in [3.63, 3.8) is 0 Å². The van der Waals surface area contributed by atoms with E-state index < -0.39 is 12.1 Å². The maximum Gasteiger partial charge on any atom is 0.255 e. The van der Waals surface area contributed by atoms with Gasteiger partial charge >= 0.3 is 0 Å². The van der Waals surface area contributed by atoms with E-state index in [1.165, 1.54) is 6.08 Å². The molecule has 9 heavy (non-hydrogen) atoms. The molecule has 2 nitrogen and oxygen atoms in total. The van der Waals surface area contributed by atoms with Crippen LogP contribution in [0.4, 0.5) is 4.39 Å². The highest BCUT2D eigenvalue weighted by molar-refractivity contribution is 5.83. The summed E-state index contributed by atoms with van der Waals surface area (Å²) in [5.41, 5.74) is 0. The van der Waals surface area contributed by atoms with E-state index in [0.29, 0.717) is 6.54 Å². The molecule has 50 valence electrons. The Labute approximate surface area is 52.7 Å². The van der Waals surface area contributed by atoms with Crippen molar-refractivity contribution in [2.75, 3.05) is 6.54 Å². The first kappa shape index (κ1) is 6.26. The fourth-order valence-corrected chi connectivity index (χ4v) is 0.817. The largest absolute Gasteiger partial charge is 0.353 e. The Balaban J connectivity index is 2.61. The standard InChI is InChI=1S/C6H8FNO/c1-2-4-3-8-6(9)5(4)7/h2,4-5H,1,3H2,(H,8,9)/t4-,5-/m0/s1. The third-order valence-corrected chi connectivity index (χ3v) is 1.44. The number of hydrogen-bond donors (Lipinski definition) is 1. The summed E-state index contributed by atoms with van der Waals surface area (Å²) in [5.74, 6) is -0.836. The molecule has 1 fully saturated rings. The zero-order valence-corrected chi connectivity index (χ0v) is 4.93. The van der Waals surface area contributed by atoms with Crippen molar-refractivity contribution in [2.45, 2.75) is 6.17 Å². The SMILES string of the molecule is C=C[C@H]1CNC(=O)[C@H]1F. The summed E-state index contributed by atoms with van der Waals surface area (Å²) in [6, 6.07) is 0. The molecule has 0 bridgehead atoms. The van der Waals surface area contributed by atoms with Crippen LogP contribution in [0.25, 0.3) is 0 Å². The predicted octanol–water partition coefficient (Wildman–Crippen LogP) is 0.256. The van der Waals surface area contributed by atoms with Crippen LogP contribution >= 0.6 is 0 Å². The molecule has 1 aliphatic heterocycles. The van der Waals surface area contributed by atoms with Crippen LogP contribution in [-0.2, 0) is 4.79 Å². The number of nitrogens with one attached hydrogen (secondary N) is 1. The topological polar surface area (TPSA) is 29.1 Å². The smallest absolute Gasteiger partial charge is 0.255 e. The average molecular weight is 129 g/mol. The van der Waals surface area contributed by atoms with E-state index in [1.807, 2.05) is 0 Å². The van der Waals surface area contributed by atoms with Gasteiger partial charge in [0.2, 0.25) is 0 Å². The lowest BCUT2D eigenvalue weighted by atomic mass is 10.1. The molecule has 0 unspecified atom stereocenters. The van der Waals surface area contributed by atoms with Gasteiger partial charge in [-0.05, 0) is 0 Å². The average Bonchev–Trinajstić information content (AvgIpc) is 2.15. The van der Waals surface area contributed by atoms with Gasteiger partial charge in [0.05, 0.1) is 0 Å². The molecular formula is C6H8FNO. The molecule has 1 heterocycles. The van der Waals surface area contributed by atoms with E-state index >= 15 is 0 Å². The van der Waals surface area contributed by atoms with Crippen LogP contribution in [0.3, 0.4) is 0 Å². The highest BCUT2D eigenvalue weighted by atomic mass is 19.1. The van der Waals surface area contributed by atoms with Gasteiger partial charge in [0.1, 0.15) is 0 Å². The maximum atomic E-state index is 12.5. The number of carbonyl (C=O) groups excluding carboxylic acids is 1. The summed E-state index contributed by atoms with van der Waals surface area (Å²) in [6.07, 6.45) is 0.0882. The van der Waals surface area contributed by atoms with Crippen LogP contribution in [0, 0.1) is 5.92 Å². The molecule has 1 N–H and O–H groups in total. The van der Waals surface area contributed by atoms with Gasteiger partial charge < -0.3 is 5.32 Å². The van der Waals surface area contributed by atoms with E-state index in [-0.39, 0.29) is 5.92 Å². The Bertz CT molecular complexity index is 146. The van der Waals surface area contributed by atoms with E-state index in [2.05, 4.69) is 11.9 Å². The molecule has 1 rings (SSSR count). The second kappa shape index (κ2) is 2.17. The van der Waals surface area contributed by atoms with Crippen molar-refractivity contribution in [2.24, 2.45) is 5.92 Å². The summed E-state index contributed by atoms with van der Waals surface area (Å²) in [4.78, 5) is 10.4. The van der Waals surface area contributed by atoms with Gasteiger partial charge in [0.15, 0.2) is 6.17 Å². The molecule has 1 aliphatic rings. The third-order valence-electron chi connectivity index (χ3n) is 1.44. The number of amides is 1. The van der Waals surface area contributed by atoms with Crippen LogP contribution in [0.2, 0.25) is 0 Å². The second-order valence-corrected chi connectivity index (χ2v) is 2.05. The minimum atomic E-state index is -1.37. The van der Waals surface area contributed by atoms with Crippen LogP contribution in [0.5, 0.6) is 0 Å². The van der Waals surface area contributed by atoms with Gasteiger partial charge in [0.25, 0.3) is 5.91 Å². The zero-order chi connectivity index (χ0) is 6.85. The first-order valence-corrected chi connectivity index (χ1v) is 2.80. The molecule has 0 aromatic carbocycles. The lowest BCUT2D eigenvalue weighted by Crippen LogP contribution is -2.20. The monoisotopic (exact) mass is 129 g/mol. The fraction of sp³-hybridized carbons (Fsp3) is 0.500. The lowest BCUT2D eigenvalue weighted by Gasteiger charge is -1.99. The molecule has 3 heteroatoms. The summed E-state index contributed by atoms with van der Waals surface area (Å²) >= 11 is 0. The second-order valence-electron chi connectivity index (χ2n) is 2.05. The Morgan fingerprint density at radius 3 is 2.78 bits per heavy atom. The fourth-order valence-electron chi connectivity index (χ4n) is 0.817. The molecule has 0 aromatic heterocycles. The highest BCUT2D eigenvalue weighted by Gasteiger charge is 2.31. The number of hydrogen-bond acceptors (Lipinski definition) is 1. The number of halogens is 1. The van der Waals surface area contributed by atoms with Gasteiger partial charge in [0, 0.05) is 12.5 Å². The third kappa shape index (κ3) is 0.943.